The molecule has 0 saturated heterocycles. The SMILES string of the molecule is COc1ccc(CC(C)NC(=O)CN)cc1OC.Cl. The van der Waals surface area contributed by atoms with Gasteiger partial charge in [0, 0.05) is 6.04 Å². The Kier molecular flexibility index (Phi) is 7.95. The van der Waals surface area contributed by atoms with Gasteiger partial charge in [0.05, 0.1) is 20.8 Å². The van der Waals surface area contributed by atoms with Crippen LogP contribution in [0.1, 0.15) is 12.5 Å². The van der Waals surface area contributed by atoms with Crippen LogP contribution in [0, 0.1) is 0 Å². The highest BCUT2D eigenvalue weighted by Gasteiger charge is 2.09. The Bertz CT molecular complexity index is 413. The number of nitrogens with one attached hydrogen (secondary N) is 1. The molecule has 19 heavy (non-hydrogen) atoms. The molecule has 1 atom stereocenters. The fourth-order valence-electron chi connectivity index (χ4n) is 1.75. The molecule has 1 aromatic rings. The molecule has 0 radical (unpaired) electrons. The Hall–Kier alpha value is -1.46. The van der Waals surface area contributed by atoms with Crippen LogP contribution in [0.5, 0.6) is 11.5 Å². The second kappa shape index (κ2) is 8.61. The number of carbonyl (C=O) groups is 1. The van der Waals surface area contributed by atoms with Crippen LogP contribution >= 0.6 is 12.4 Å². The lowest BCUT2D eigenvalue weighted by Crippen LogP contribution is -2.38. The zero-order chi connectivity index (χ0) is 13.5. The zero-order valence-electron chi connectivity index (χ0n) is 11.4. The third kappa shape index (κ3) is 5.36. The first-order chi connectivity index (χ1) is 8.60. The van der Waals surface area contributed by atoms with Crippen LogP contribution in [0.15, 0.2) is 18.2 Å². The van der Waals surface area contributed by atoms with E-state index in [1.54, 1.807) is 14.2 Å². The number of hydrogen-bond donors (Lipinski definition) is 2. The van der Waals surface area contributed by atoms with E-state index in [1.165, 1.54) is 0 Å². The normalized spacial score (nSPS) is 11.2. The Labute approximate surface area is 119 Å². The lowest BCUT2D eigenvalue weighted by atomic mass is 10.1. The van der Waals surface area contributed by atoms with Crippen LogP contribution < -0.4 is 20.5 Å². The average molecular weight is 289 g/mol. The molecule has 0 fully saturated rings. The number of ether oxygens (including phenoxy) is 2. The van der Waals surface area contributed by atoms with Crippen molar-refractivity contribution in [2.24, 2.45) is 5.73 Å². The highest BCUT2D eigenvalue weighted by atomic mass is 35.5. The molecule has 0 heterocycles. The highest BCUT2D eigenvalue weighted by Crippen LogP contribution is 2.27. The van der Waals surface area contributed by atoms with Crippen molar-refractivity contribution in [3.8, 4) is 11.5 Å². The van der Waals surface area contributed by atoms with E-state index in [0.29, 0.717) is 17.9 Å². The Balaban J connectivity index is 0.00000324. The van der Waals surface area contributed by atoms with Gasteiger partial charge in [0.25, 0.3) is 0 Å². The predicted octanol–water partition coefficient (Wildman–Crippen LogP) is 1.13. The first-order valence-electron chi connectivity index (χ1n) is 5.81. The van der Waals surface area contributed by atoms with Gasteiger partial charge in [-0.25, -0.2) is 0 Å². The summed E-state index contributed by atoms with van der Waals surface area (Å²) in [4.78, 5) is 11.2. The van der Waals surface area contributed by atoms with Gasteiger partial charge in [0.1, 0.15) is 0 Å². The third-order valence-corrected chi connectivity index (χ3v) is 2.58. The fraction of sp³-hybridized carbons (Fsp3) is 0.462. The first-order valence-corrected chi connectivity index (χ1v) is 5.81. The van der Waals surface area contributed by atoms with Crippen molar-refractivity contribution in [1.82, 2.24) is 5.32 Å². The molecule has 1 unspecified atom stereocenters. The summed E-state index contributed by atoms with van der Waals surface area (Å²) in [5.74, 6) is 1.23. The number of methoxy groups -OCH3 is 2. The van der Waals surface area contributed by atoms with E-state index in [2.05, 4.69) is 5.32 Å². The Morgan fingerprint density at radius 1 is 1.32 bits per heavy atom. The largest absolute Gasteiger partial charge is 0.493 e. The van der Waals surface area contributed by atoms with E-state index >= 15 is 0 Å². The first kappa shape index (κ1) is 17.5. The second-order valence-electron chi connectivity index (χ2n) is 4.07. The van der Waals surface area contributed by atoms with E-state index in [4.69, 9.17) is 15.2 Å². The van der Waals surface area contributed by atoms with E-state index in [1.807, 2.05) is 25.1 Å². The van der Waals surface area contributed by atoms with Gasteiger partial charge in [-0.3, -0.25) is 4.79 Å². The summed E-state index contributed by atoms with van der Waals surface area (Å²) in [7, 11) is 3.20. The number of carbonyl (C=O) groups excluding carboxylic acids is 1. The van der Waals surface area contributed by atoms with Gasteiger partial charge in [-0.2, -0.15) is 0 Å². The number of nitrogens with two attached hydrogens (primary N) is 1. The summed E-state index contributed by atoms with van der Waals surface area (Å²) in [6, 6.07) is 5.74. The summed E-state index contributed by atoms with van der Waals surface area (Å²) in [6.07, 6.45) is 0.714. The third-order valence-electron chi connectivity index (χ3n) is 2.58. The van der Waals surface area contributed by atoms with E-state index in [0.717, 1.165) is 5.56 Å². The van der Waals surface area contributed by atoms with Crippen LogP contribution in [0.25, 0.3) is 0 Å². The van der Waals surface area contributed by atoms with Gasteiger partial charge in [0.2, 0.25) is 5.91 Å². The number of benzene rings is 1. The maximum atomic E-state index is 11.2. The average Bonchev–Trinajstić information content (AvgIpc) is 2.38. The van der Waals surface area contributed by atoms with E-state index in [-0.39, 0.29) is 30.9 Å². The van der Waals surface area contributed by atoms with Crippen LogP contribution in [-0.4, -0.2) is 32.7 Å². The molecular formula is C13H21ClN2O3. The summed E-state index contributed by atoms with van der Waals surface area (Å²) >= 11 is 0. The van der Waals surface area contributed by atoms with Crippen molar-refractivity contribution in [2.45, 2.75) is 19.4 Å². The lowest BCUT2D eigenvalue weighted by Gasteiger charge is -2.15. The molecule has 0 spiro atoms. The summed E-state index contributed by atoms with van der Waals surface area (Å²) in [6.45, 7) is 1.94. The predicted molar refractivity (Wildman–Crippen MR) is 77.2 cm³/mol. The number of hydrogen-bond acceptors (Lipinski definition) is 4. The molecule has 0 bridgehead atoms. The standard InChI is InChI=1S/C13H20N2O3.ClH/c1-9(15-13(16)8-14)6-10-4-5-11(17-2)12(7-10)18-3;/h4-5,7,9H,6,8,14H2,1-3H3,(H,15,16);1H. The van der Waals surface area contributed by atoms with Crippen LogP contribution in [0.3, 0.4) is 0 Å². The Morgan fingerprint density at radius 3 is 2.47 bits per heavy atom. The second-order valence-corrected chi connectivity index (χ2v) is 4.07. The number of halogens is 1. The smallest absolute Gasteiger partial charge is 0.233 e. The van der Waals surface area contributed by atoms with Gasteiger partial charge < -0.3 is 20.5 Å². The van der Waals surface area contributed by atoms with Gasteiger partial charge in [0.15, 0.2) is 11.5 Å². The number of rotatable bonds is 6. The van der Waals surface area contributed by atoms with Crippen molar-refractivity contribution in [1.29, 1.82) is 0 Å². The van der Waals surface area contributed by atoms with Crippen LogP contribution in [0.4, 0.5) is 0 Å². The maximum absolute atomic E-state index is 11.2. The minimum Gasteiger partial charge on any atom is -0.493 e. The quantitative estimate of drug-likeness (QED) is 0.823. The summed E-state index contributed by atoms with van der Waals surface area (Å²) < 4.78 is 10.4. The molecule has 6 heteroatoms. The lowest BCUT2D eigenvalue weighted by molar-refractivity contribution is -0.120. The molecule has 1 rings (SSSR count). The van der Waals surface area contributed by atoms with Crippen molar-refractivity contribution in [2.75, 3.05) is 20.8 Å². The molecule has 5 nitrogen and oxygen atoms in total. The molecule has 0 saturated carbocycles. The molecule has 0 aliphatic carbocycles. The molecule has 108 valence electrons. The highest BCUT2D eigenvalue weighted by molar-refractivity contribution is 5.85. The molecule has 0 aliphatic heterocycles. The number of amides is 1. The summed E-state index contributed by atoms with van der Waals surface area (Å²) in [5.41, 5.74) is 6.32. The van der Waals surface area contributed by atoms with Gasteiger partial charge in [-0.1, -0.05) is 6.07 Å². The topological polar surface area (TPSA) is 73.6 Å². The monoisotopic (exact) mass is 288 g/mol. The summed E-state index contributed by atoms with van der Waals surface area (Å²) in [5, 5.41) is 2.81. The minimum absolute atomic E-state index is 0. The zero-order valence-corrected chi connectivity index (χ0v) is 12.3. The van der Waals surface area contributed by atoms with Crippen molar-refractivity contribution in [3.05, 3.63) is 23.8 Å². The fourth-order valence-corrected chi connectivity index (χ4v) is 1.75. The Morgan fingerprint density at radius 2 is 1.95 bits per heavy atom. The van der Waals surface area contributed by atoms with Crippen molar-refractivity contribution >= 4 is 18.3 Å². The van der Waals surface area contributed by atoms with E-state index in [9.17, 15) is 4.79 Å². The molecule has 3 N–H and O–H groups in total. The minimum atomic E-state index is -0.150. The van der Waals surface area contributed by atoms with Crippen molar-refractivity contribution in [3.63, 3.8) is 0 Å². The molecule has 1 amide bonds. The van der Waals surface area contributed by atoms with Crippen molar-refractivity contribution < 1.29 is 14.3 Å². The van der Waals surface area contributed by atoms with Gasteiger partial charge >= 0.3 is 0 Å². The van der Waals surface area contributed by atoms with Gasteiger partial charge in [-0.05, 0) is 31.0 Å². The van der Waals surface area contributed by atoms with Crippen LogP contribution in [-0.2, 0) is 11.2 Å². The maximum Gasteiger partial charge on any atom is 0.233 e. The van der Waals surface area contributed by atoms with Crippen LogP contribution in [0.2, 0.25) is 0 Å². The molecule has 0 aromatic heterocycles. The van der Waals surface area contributed by atoms with Gasteiger partial charge in [-0.15, -0.1) is 12.4 Å². The molecule has 1 aromatic carbocycles. The molecule has 0 aliphatic rings. The van der Waals surface area contributed by atoms with E-state index < -0.39 is 0 Å². The molecular weight excluding hydrogens is 268 g/mol.